The van der Waals surface area contributed by atoms with Crippen LogP contribution in [0.3, 0.4) is 0 Å². The molecule has 0 fully saturated rings. The summed E-state index contributed by atoms with van der Waals surface area (Å²) in [5.41, 5.74) is 4.75. The summed E-state index contributed by atoms with van der Waals surface area (Å²) in [7, 11) is 1.24. The van der Waals surface area contributed by atoms with Crippen molar-refractivity contribution in [3.63, 3.8) is 0 Å². The van der Waals surface area contributed by atoms with Gasteiger partial charge in [-0.2, -0.15) is 0 Å². The van der Waals surface area contributed by atoms with Gasteiger partial charge in [0.25, 0.3) is 0 Å². The zero-order chi connectivity index (χ0) is 13.1. The summed E-state index contributed by atoms with van der Waals surface area (Å²) in [6.45, 7) is -0.280. The predicted molar refractivity (Wildman–Crippen MR) is 50.8 cm³/mol. The monoisotopic (exact) mass is 250 g/mol. The van der Waals surface area contributed by atoms with Gasteiger partial charge >= 0.3 is 6.36 Å². The van der Waals surface area contributed by atoms with Gasteiger partial charge in [-0.3, -0.25) is 4.79 Å². The van der Waals surface area contributed by atoms with Gasteiger partial charge in [-0.05, 0) is 0 Å². The van der Waals surface area contributed by atoms with E-state index in [0.29, 0.717) is 0 Å². The second-order valence-electron chi connectivity index (χ2n) is 2.89. The van der Waals surface area contributed by atoms with Gasteiger partial charge in [-0.15, -0.1) is 13.2 Å². The first-order valence-electron chi connectivity index (χ1n) is 4.39. The number of carbonyl (C=O) groups is 1. The van der Waals surface area contributed by atoms with Crippen LogP contribution in [-0.2, 0) is 6.54 Å². The third-order valence-corrected chi connectivity index (χ3v) is 1.88. The fourth-order valence-electron chi connectivity index (χ4n) is 1.21. The van der Waals surface area contributed by atoms with Crippen LogP contribution in [0.25, 0.3) is 0 Å². The number of nitrogens with two attached hydrogens (primary N) is 1. The van der Waals surface area contributed by atoms with Crippen molar-refractivity contribution < 1.29 is 27.4 Å². The van der Waals surface area contributed by atoms with Crippen LogP contribution in [0.15, 0.2) is 6.20 Å². The molecular formula is C9H9F3N2O3. The summed E-state index contributed by atoms with van der Waals surface area (Å²) in [5.74, 6) is -0.702. The summed E-state index contributed by atoms with van der Waals surface area (Å²) >= 11 is 0. The molecule has 0 bridgehead atoms. The van der Waals surface area contributed by atoms with Gasteiger partial charge in [0, 0.05) is 6.54 Å². The number of alkyl halides is 3. The van der Waals surface area contributed by atoms with Gasteiger partial charge in [-0.1, -0.05) is 0 Å². The molecular weight excluding hydrogens is 241 g/mol. The molecule has 0 aliphatic carbocycles. The maximum Gasteiger partial charge on any atom is 0.573 e. The standard InChI is InChI=1S/C9H9F3N2O3/c1-16-7-3-14-6(4-15)8(5(7)2-13)17-9(10,11)12/h3-4H,2,13H2,1H3. The number of nitrogens with zero attached hydrogens (tertiary/aromatic N) is 1. The molecule has 2 N–H and O–H groups in total. The maximum atomic E-state index is 12.2. The van der Waals surface area contributed by atoms with E-state index in [1.54, 1.807) is 0 Å². The molecule has 0 amide bonds. The van der Waals surface area contributed by atoms with Crippen molar-refractivity contribution in [1.82, 2.24) is 4.98 Å². The van der Waals surface area contributed by atoms with Gasteiger partial charge < -0.3 is 15.2 Å². The largest absolute Gasteiger partial charge is 0.573 e. The van der Waals surface area contributed by atoms with Crippen molar-refractivity contribution >= 4 is 6.29 Å². The summed E-state index contributed by atoms with van der Waals surface area (Å²) in [6.07, 6.45) is -3.68. The van der Waals surface area contributed by atoms with Gasteiger partial charge in [0.05, 0.1) is 18.9 Å². The molecule has 0 saturated carbocycles. The molecule has 0 aliphatic rings. The van der Waals surface area contributed by atoms with E-state index in [1.807, 2.05) is 0 Å². The molecule has 0 spiro atoms. The Morgan fingerprint density at radius 3 is 2.59 bits per heavy atom. The normalized spacial score (nSPS) is 11.1. The topological polar surface area (TPSA) is 74.4 Å². The molecule has 0 aromatic carbocycles. The Morgan fingerprint density at radius 1 is 1.53 bits per heavy atom. The Kier molecular flexibility index (Phi) is 3.89. The van der Waals surface area contributed by atoms with Crippen molar-refractivity contribution in [2.24, 2.45) is 5.73 Å². The van der Waals surface area contributed by atoms with E-state index in [9.17, 15) is 18.0 Å². The lowest BCUT2D eigenvalue weighted by Crippen LogP contribution is -2.20. The van der Waals surface area contributed by atoms with Crippen LogP contribution in [0.2, 0.25) is 0 Å². The van der Waals surface area contributed by atoms with Gasteiger partial charge in [0.1, 0.15) is 11.4 Å². The number of aldehydes is 1. The number of hydrogen-bond donors (Lipinski definition) is 1. The Balaban J connectivity index is 3.35. The molecule has 1 aromatic rings. The Bertz CT molecular complexity index is 421. The predicted octanol–water partition coefficient (Wildman–Crippen LogP) is 1.26. The third-order valence-electron chi connectivity index (χ3n) is 1.88. The fourth-order valence-corrected chi connectivity index (χ4v) is 1.21. The highest BCUT2D eigenvalue weighted by molar-refractivity contribution is 5.78. The zero-order valence-electron chi connectivity index (χ0n) is 8.75. The Labute approximate surface area is 94.3 Å². The van der Waals surface area contributed by atoms with Gasteiger partial charge in [0.15, 0.2) is 12.0 Å². The number of halogens is 3. The lowest BCUT2D eigenvalue weighted by Gasteiger charge is -2.15. The summed E-state index contributed by atoms with van der Waals surface area (Å²) in [4.78, 5) is 14.1. The Hall–Kier alpha value is -1.83. The molecule has 8 heteroatoms. The molecule has 94 valence electrons. The third kappa shape index (κ3) is 3.06. The average Bonchev–Trinajstić information content (AvgIpc) is 2.26. The smallest absolute Gasteiger partial charge is 0.495 e. The molecule has 1 aromatic heterocycles. The lowest BCUT2D eigenvalue weighted by atomic mass is 10.2. The van der Waals surface area contributed by atoms with Crippen LogP contribution in [0.1, 0.15) is 16.1 Å². The van der Waals surface area contributed by atoms with Gasteiger partial charge in [-0.25, -0.2) is 4.98 Å². The highest BCUT2D eigenvalue weighted by atomic mass is 19.4. The minimum absolute atomic E-state index is 0.0253. The fraction of sp³-hybridized carbons (Fsp3) is 0.333. The molecule has 1 rings (SSSR count). The lowest BCUT2D eigenvalue weighted by molar-refractivity contribution is -0.275. The average molecular weight is 250 g/mol. The summed E-state index contributed by atoms with van der Waals surface area (Å²) < 4.78 is 45.0. The molecule has 5 nitrogen and oxygen atoms in total. The van der Waals surface area contributed by atoms with Crippen LogP contribution < -0.4 is 15.2 Å². The van der Waals surface area contributed by atoms with E-state index >= 15 is 0 Å². The molecule has 0 aliphatic heterocycles. The molecule has 0 atom stereocenters. The highest BCUT2D eigenvalue weighted by Gasteiger charge is 2.34. The van der Waals surface area contributed by atoms with Crippen molar-refractivity contribution in [2.75, 3.05) is 7.11 Å². The highest BCUT2D eigenvalue weighted by Crippen LogP contribution is 2.33. The molecule has 17 heavy (non-hydrogen) atoms. The first-order valence-corrected chi connectivity index (χ1v) is 4.39. The molecule has 0 unspecified atom stereocenters. The van der Waals surface area contributed by atoms with Crippen LogP contribution in [0.4, 0.5) is 13.2 Å². The first kappa shape index (κ1) is 13.2. The number of ether oxygens (including phenoxy) is 2. The van der Waals surface area contributed by atoms with E-state index in [2.05, 4.69) is 9.72 Å². The van der Waals surface area contributed by atoms with E-state index in [0.717, 1.165) is 6.20 Å². The number of aromatic nitrogens is 1. The van der Waals surface area contributed by atoms with Crippen LogP contribution >= 0.6 is 0 Å². The second kappa shape index (κ2) is 5.00. The number of pyridine rings is 1. The zero-order valence-corrected chi connectivity index (χ0v) is 8.75. The first-order chi connectivity index (χ1) is 7.92. The van der Waals surface area contributed by atoms with Crippen LogP contribution in [0, 0.1) is 0 Å². The minimum atomic E-state index is -4.93. The van der Waals surface area contributed by atoms with E-state index in [-0.39, 0.29) is 24.1 Å². The van der Waals surface area contributed by atoms with Crippen LogP contribution in [-0.4, -0.2) is 24.7 Å². The Morgan fingerprint density at radius 2 is 2.18 bits per heavy atom. The number of hydrogen-bond acceptors (Lipinski definition) is 5. The summed E-state index contributed by atoms with van der Waals surface area (Å²) in [5, 5.41) is 0. The van der Waals surface area contributed by atoms with E-state index in [4.69, 9.17) is 10.5 Å². The second-order valence-corrected chi connectivity index (χ2v) is 2.89. The number of carbonyl (C=O) groups excluding carboxylic acids is 1. The van der Waals surface area contributed by atoms with E-state index in [1.165, 1.54) is 7.11 Å². The van der Waals surface area contributed by atoms with Crippen molar-refractivity contribution in [1.29, 1.82) is 0 Å². The minimum Gasteiger partial charge on any atom is -0.495 e. The number of rotatable bonds is 4. The maximum absolute atomic E-state index is 12.2. The quantitative estimate of drug-likeness (QED) is 0.814. The van der Waals surface area contributed by atoms with Crippen molar-refractivity contribution in [3.8, 4) is 11.5 Å². The van der Waals surface area contributed by atoms with Gasteiger partial charge in [0.2, 0.25) is 0 Å². The number of methoxy groups -OCH3 is 1. The van der Waals surface area contributed by atoms with Crippen molar-refractivity contribution in [3.05, 3.63) is 17.5 Å². The SMILES string of the molecule is COc1cnc(C=O)c(OC(F)(F)F)c1CN. The summed E-state index contributed by atoms with van der Waals surface area (Å²) in [6, 6.07) is 0. The van der Waals surface area contributed by atoms with E-state index < -0.39 is 17.8 Å². The molecule has 0 radical (unpaired) electrons. The van der Waals surface area contributed by atoms with Crippen molar-refractivity contribution in [2.45, 2.75) is 12.9 Å². The molecule has 0 saturated heterocycles. The van der Waals surface area contributed by atoms with Crippen LogP contribution in [0.5, 0.6) is 11.5 Å². The molecule has 1 heterocycles.